The molecule has 4 atom stereocenters. The summed E-state index contributed by atoms with van der Waals surface area (Å²) in [5.74, 6) is -3.56. The zero-order valence-electron chi connectivity index (χ0n) is 11.2. The van der Waals surface area contributed by atoms with Gasteiger partial charge >= 0.3 is 0 Å². The maximum atomic E-state index is 10.1. The van der Waals surface area contributed by atoms with Crippen LogP contribution >= 0.6 is 0 Å². The molecule has 0 saturated carbocycles. The minimum absolute atomic E-state index is 0.0968. The van der Waals surface area contributed by atoms with Gasteiger partial charge in [-0.15, -0.1) is 0 Å². The third-order valence-corrected chi connectivity index (χ3v) is 3.64. The molecule has 3 heterocycles. The predicted octanol–water partition coefficient (Wildman–Crippen LogP) is -4.70. The van der Waals surface area contributed by atoms with Gasteiger partial charge in [-0.1, -0.05) is 0 Å². The number of nitrogens with one attached hydrogen (secondary N) is 1. The van der Waals surface area contributed by atoms with Crippen LogP contribution in [-0.2, 0) is 4.74 Å². The van der Waals surface area contributed by atoms with Crippen molar-refractivity contribution in [1.82, 2.24) is 10.2 Å². The first kappa shape index (κ1) is 14.7. The lowest BCUT2D eigenvalue weighted by Crippen LogP contribution is -2.77. The Bertz CT molecular complexity index is 506. The average Bonchev–Trinajstić information content (AvgIpc) is 2.90. The zero-order valence-corrected chi connectivity index (χ0v) is 11.2. The van der Waals surface area contributed by atoms with Gasteiger partial charge in [-0.2, -0.15) is 0 Å². The van der Waals surface area contributed by atoms with Crippen molar-refractivity contribution >= 4 is 11.5 Å². The van der Waals surface area contributed by atoms with E-state index in [1.807, 2.05) is 0 Å². The van der Waals surface area contributed by atoms with Crippen molar-refractivity contribution in [3.05, 3.63) is 0 Å². The molecule has 118 valence electrons. The molecule has 11 nitrogen and oxygen atoms in total. The highest BCUT2D eigenvalue weighted by Gasteiger charge is 2.50. The smallest absolute Gasteiger partial charge is 0.223 e. The van der Waals surface area contributed by atoms with Gasteiger partial charge in [-0.25, -0.2) is 10.3 Å². The van der Waals surface area contributed by atoms with Crippen LogP contribution in [0, 0.1) is 0 Å². The monoisotopic (exact) mass is 301 g/mol. The summed E-state index contributed by atoms with van der Waals surface area (Å²) in [7, 11) is 0. The average molecular weight is 301 g/mol. The Hall–Kier alpha value is -1.18. The van der Waals surface area contributed by atoms with E-state index in [4.69, 9.17) is 27.0 Å². The fraction of sp³-hybridized carbons (Fsp3) is 0.800. The summed E-state index contributed by atoms with van der Waals surface area (Å²) in [6, 6.07) is 0. The molecule has 11 heteroatoms. The number of aliphatic hydroxyl groups excluding tert-OH is 2. The first-order chi connectivity index (χ1) is 9.73. The van der Waals surface area contributed by atoms with Crippen LogP contribution < -0.4 is 22.5 Å². The minimum Gasteiger partial charge on any atom is -0.394 e. The molecular weight excluding hydrogens is 282 g/mol. The van der Waals surface area contributed by atoms with E-state index in [1.54, 1.807) is 4.90 Å². The second-order valence-corrected chi connectivity index (χ2v) is 5.38. The quantitative estimate of drug-likeness (QED) is 0.246. The van der Waals surface area contributed by atoms with Crippen molar-refractivity contribution < 1.29 is 20.1 Å². The molecule has 0 aromatic rings. The molecule has 3 aliphatic rings. The normalized spacial score (nSPS) is 41.8. The second-order valence-electron chi connectivity index (χ2n) is 5.38. The van der Waals surface area contributed by atoms with Crippen LogP contribution in [0.15, 0.2) is 9.98 Å². The van der Waals surface area contributed by atoms with Crippen LogP contribution in [0.4, 0.5) is 0 Å². The van der Waals surface area contributed by atoms with Crippen LogP contribution in [0.2, 0.25) is 0 Å². The van der Waals surface area contributed by atoms with E-state index in [2.05, 4.69) is 15.3 Å². The Morgan fingerprint density at radius 1 is 1.43 bits per heavy atom. The maximum Gasteiger partial charge on any atom is 0.223 e. The fourth-order valence-electron chi connectivity index (χ4n) is 2.70. The van der Waals surface area contributed by atoms with Crippen molar-refractivity contribution in [3.63, 3.8) is 0 Å². The maximum absolute atomic E-state index is 10.1. The van der Waals surface area contributed by atoms with E-state index in [1.165, 1.54) is 0 Å². The highest BCUT2D eigenvalue weighted by atomic mass is 16.5. The molecule has 0 spiro atoms. The standard InChI is InChI=1S/C10H19N7O4/c11-9(20)7-8(15-10(12,13)16-9)17(3-14-7)6-1-4(19)5(2-18)21-6/h4-6,16,18-20H,1-3,11-13H2/t4-,5+,6+,9?/m0/s1. The van der Waals surface area contributed by atoms with Crippen molar-refractivity contribution in [2.45, 2.75) is 36.6 Å². The van der Waals surface area contributed by atoms with Crippen LogP contribution in [-0.4, -0.2) is 75.2 Å². The fourth-order valence-corrected chi connectivity index (χ4v) is 2.70. The van der Waals surface area contributed by atoms with Gasteiger partial charge in [0.25, 0.3) is 0 Å². The Morgan fingerprint density at radius 2 is 2.14 bits per heavy atom. The van der Waals surface area contributed by atoms with E-state index < -0.39 is 30.2 Å². The van der Waals surface area contributed by atoms with Crippen molar-refractivity contribution in [2.24, 2.45) is 27.2 Å². The van der Waals surface area contributed by atoms with E-state index in [0.717, 1.165) is 0 Å². The molecule has 1 fully saturated rings. The highest BCUT2D eigenvalue weighted by Crippen LogP contribution is 2.28. The lowest BCUT2D eigenvalue weighted by Gasteiger charge is -2.39. The molecule has 3 aliphatic heterocycles. The SMILES string of the molecule is NC1(N)N=C2C(=NCN2[C@H]2C[C@H](O)[C@@H](CO)O2)C(N)(O)N1. The van der Waals surface area contributed by atoms with Gasteiger partial charge in [0.2, 0.25) is 11.8 Å². The molecular formula is C10H19N7O4. The van der Waals surface area contributed by atoms with E-state index in [-0.39, 0.29) is 31.2 Å². The predicted molar refractivity (Wildman–Crippen MR) is 71.3 cm³/mol. The van der Waals surface area contributed by atoms with Crippen molar-refractivity contribution in [1.29, 1.82) is 0 Å². The van der Waals surface area contributed by atoms with Gasteiger partial charge < -0.3 is 25.0 Å². The molecule has 0 aliphatic carbocycles. The molecule has 1 saturated heterocycles. The number of nitrogens with zero attached hydrogens (tertiary/aromatic N) is 3. The number of aliphatic imine (C=N–C) groups is 2. The third kappa shape index (κ3) is 2.43. The number of fused-ring (bicyclic) bond motifs is 1. The summed E-state index contributed by atoms with van der Waals surface area (Å²) < 4.78 is 5.54. The summed E-state index contributed by atoms with van der Waals surface area (Å²) in [5, 5.41) is 31.4. The van der Waals surface area contributed by atoms with Crippen molar-refractivity contribution in [3.8, 4) is 0 Å². The van der Waals surface area contributed by atoms with Gasteiger partial charge in [0.05, 0.1) is 12.7 Å². The van der Waals surface area contributed by atoms with Crippen LogP contribution in [0.5, 0.6) is 0 Å². The Balaban J connectivity index is 1.87. The molecule has 0 bridgehead atoms. The number of ether oxygens (including phenoxy) is 1. The lowest BCUT2D eigenvalue weighted by atomic mass is 10.1. The second kappa shape index (κ2) is 4.66. The Labute approximate surface area is 120 Å². The summed E-state index contributed by atoms with van der Waals surface area (Å²) in [6.45, 7) is -0.174. The number of rotatable bonds is 2. The van der Waals surface area contributed by atoms with E-state index in [9.17, 15) is 10.2 Å². The first-order valence-corrected chi connectivity index (χ1v) is 6.48. The molecule has 0 amide bonds. The largest absolute Gasteiger partial charge is 0.394 e. The van der Waals surface area contributed by atoms with Crippen LogP contribution in [0.25, 0.3) is 0 Å². The lowest BCUT2D eigenvalue weighted by molar-refractivity contribution is -0.0566. The summed E-state index contributed by atoms with van der Waals surface area (Å²) in [5.41, 5.74) is 17.1. The summed E-state index contributed by atoms with van der Waals surface area (Å²) in [6.07, 6.45) is -1.80. The topological polar surface area (TPSA) is 188 Å². The van der Waals surface area contributed by atoms with Crippen LogP contribution in [0.1, 0.15) is 6.42 Å². The van der Waals surface area contributed by atoms with Crippen molar-refractivity contribution in [2.75, 3.05) is 13.3 Å². The molecule has 3 rings (SSSR count). The van der Waals surface area contributed by atoms with Gasteiger partial charge in [0.1, 0.15) is 24.7 Å². The van der Waals surface area contributed by atoms with Gasteiger partial charge in [0.15, 0.2) is 5.84 Å². The number of nitrogens with two attached hydrogens (primary N) is 3. The zero-order chi connectivity index (χ0) is 15.4. The molecule has 0 aromatic heterocycles. The van der Waals surface area contributed by atoms with Gasteiger partial charge in [-0.3, -0.25) is 22.2 Å². The number of hydrogen-bond acceptors (Lipinski definition) is 11. The Kier molecular flexibility index (Phi) is 3.27. The van der Waals surface area contributed by atoms with Gasteiger partial charge in [0, 0.05) is 6.42 Å². The number of hydrogen-bond donors (Lipinski definition) is 7. The summed E-state index contributed by atoms with van der Waals surface area (Å²) in [4.78, 5) is 9.77. The molecule has 0 aromatic carbocycles. The molecule has 21 heavy (non-hydrogen) atoms. The van der Waals surface area contributed by atoms with E-state index in [0.29, 0.717) is 0 Å². The number of amidine groups is 1. The van der Waals surface area contributed by atoms with Gasteiger partial charge in [-0.05, 0) is 0 Å². The highest BCUT2D eigenvalue weighted by molar-refractivity contribution is 6.45. The summed E-state index contributed by atoms with van der Waals surface area (Å²) >= 11 is 0. The minimum atomic E-state index is -2.01. The molecule has 0 radical (unpaired) electrons. The first-order valence-electron chi connectivity index (χ1n) is 6.48. The van der Waals surface area contributed by atoms with E-state index >= 15 is 0 Å². The number of aliphatic hydroxyl groups is 3. The Morgan fingerprint density at radius 3 is 2.76 bits per heavy atom. The molecule has 1 unspecified atom stereocenters. The third-order valence-electron chi connectivity index (χ3n) is 3.64. The van der Waals surface area contributed by atoms with Crippen LogP contribution in [0.3, 0.4) is 0 Å². The molecule has 10 N–H and O–H groups in total.